The number of rotatable bonds is 4. The summed E-state index contributed by atoms with van der Waals surface area (Å²) < 4.78 is 26.2. The molecule has 0 radical (unpaired) electrons. The zero-order valence-corrected chi connectivity index (χ0v) is 8.82. The molecule has 0 atom stereocenters. The van der Waals surface area contributed by atoms with E-state index in [0.29, 0.717) is 5.56 Å². The number of aliphatic carboxylic acids is 1. The Balaban J connectivity index is 2.88. The summed E-state index contributed by atoms with van der Waals surface area (Å²) in [5.41, 5.74) is 0.489. The second-order valence-electron chi connectivity index (χ2n) is 3.01. The smallest absolute Gasteiger partial charge is 0.307 e. The SMILES string of the molecule is CS(=O)(=O)Oc1cccc(CC(=O)O)c1. The minimum absolute atomic E-state index is 0.122. The van der Waals surface area contributed by atoms with E-state index in [1.54, 1.807) is 12.1 Å². The quantitative estimate of drug-likeness (QED) is 0.768. The van der Waals surface area contributed by atoms with Crippen LogP contribution in [0.15, 0.2) is 24.3 Å². The predicted molar refractivity (Wildman–Crippen MR) is 53.3 cm³/mol. The summed E-state index contributed by atoms with van der Waals surface area (Å²) in [4.78, 5) is 10.4. The molecule has 0 fully saturated rings. The second kappa shape index (κ2) is 4.31. The van der Waals surface area contributed by atoms with E-state index in [-0.39, 0.29) is 12.2 Å². The highest BCUT2D eigenvalue weighted by Gasteiger charge is 2.06. The maximum absolute atomic E-state index is 10.8. The predicted octanol–water partition coefficient (Wildman–Crippen LogP) is 0.652. The Morgan fingerprint density at radius 3 is 2.67 bits per heavy atom. The summed E-state index contributed by atoms with van der Waals surface area (Å²) in [6.07, 6.45) is 0.762. The van der Waals surface area contributed by atoms with Gasteiger partial charge in [-0.15, -0.1) is 0 Å². The minimum atomic E-state index is -3.57. The van der Waals surface area contributed by atoms with Crippen LogP contribution in [0.2, 0.25) is 0 Å². The van der Waals surface area contributed by atoms with Gasteiger partial charge in [0.05, 0.1) is 12.7 Å². The Morgan fingerprint density at radius 1 is 1.47 bits per heavy atom. The van der Waals surface area contributed by atoms with E-state index in [0.717, 1.165) is 6.26 Å². The number of carboxylic acid groups (broad SMARTS) is 1. The van der Waals surface area contributed by atoms with E-state index in [2.05, 4.69) is 4.18 Å². The Morgan fingerprint density at radius 2 is 2.13 bits per heavy atom. The van der Waals surface area contributed by atoms with Crippen molar-refractivity contribution in [1.29, 1.82) is 0 Å². The van der Waals surface area contributed by atoms with Crippen LogP contribution in [0.4, 0.5) is 0 Å². The Hall–Kier alpha value is -1.56. The number of hydrogen-bond acceptors (Lipinski definition) is 4. The molecule has 5 nitrogen and oxygen atoms in total. The molecule has 0 spiro atoms. The molecule has 0 heterocycles. The normalized spacial score (nSPS) is 11.0. The monoisotopic (exact) mass is 230 g/mol. The minimum Gasteiger partial charge on any atom is -0.481 e. The van der Waals surface area contributed by atoms with Gasteiger partial charge in [0.15, 0.2) is 0 Å². The molecular weight excluding hydrogens is 220 g/mol. The molecule has 82 valence electrons. The first-order chi connectivity index (χ1) is 6.87. The summed E-state index contributed by atoms with van der Waals surface area (Å²) in [5.74, 6) is -0.859. The zero-order valence-electron chi connectivity index (χ0n) is 8.00. The lowest BCUT2D eigenvalue weighted by molar-refractivity contribution is -0.136. The highest BCUT2D eigenvalue weighted by molar-refractivity contribution is 7.86. The van der Waals surface area contributed by atoms with E-state index >= 15 is 0 Å². The van der Waals surface area contributed by atoms with Gasteiger partial charge in [-0.1, -0.05) is 12.1 Å². The van der Waals surface area contributed by atoms with Crippen molar-refractivity contribution in [2.75, 3.05) is 6.26 Å². The highest BCUT2D eigenvalue weighted by atomic mass is 32.2. The van der Waals surface area contributed by atoms with Crippen LogP contribution in [-0.4, -0.2) is 25.7 Å². The molecule has 1 aromatic carbocycles. The molecule has 0 unspecified atom stereocenters. The van der Waals surface area contributed by atoms with Gasteiger partial charge in [0.2, 0.25) is 0 Å². The lowest BCUT2D eigenvalue weighted by Crippen LogP contribution is -2.06. The van der Waals surface area contributed by atoms with E-state index in [1.807, 2.05) is 0 Å². The summed E-state index contributed by atoms with van der Waals surface area (Å²) in [5, 5.41) is 8.53. The largest absolute Gasteiger partial charge is 0.481 e. The Labute approximate surface area is 87.4 Å². The first kappa shape index (κ1) is 11.5. The van der Waals surface area contributed by atoms with E-state index in [4.69, 9.17) is 5.11 Å². The lowest BCUT2D eigenvalue weighted by Gasteiger charge is -2.03. The van der Waals surface area contributed by atoms with Gasteiger partial charge in [-0.2, -0.15) is 8.42 Å². The molecule has 6 heteroatoms. The van der Waals surface area contributed by atoms with E-state index < -0.39 is 16.1 Å². The van der Waals surface area contributed by atoms with Gasteiger partial charge >= 0.3 is 16.1 Å². The fraction of sp³-hybridized carbons (Fsp3) is 0.222. The van der Waals surface area contributed by atoms with E-state index in [1.165, 1.54) is 12.1 Å². The third-order valence-electron chi connectivity index (χ3n) is 1.50. The van der Waals surface area contributed by atoms with Crippen molar-refractivity contribution in [2.45, 2.75) is 6.42 Å². The first-order valence-corrected chi connectivity index (χ1v) is 5.89. The average molecular weight is 230 g/mol. The molecule has 0 saturated heterocycles. The molecule has 1 N–H and O–H groups in total. The van der Waals surface area contributed by atoms with Gasteiger partial charge in [-0.05, 0) is 17.7 Å². The van der Waals surface area contributed by atoms with Gasteiger partial charge in [0, 0.05) is 0 Å². The molecule has 0 aliphatic heterocycles. The van der Waals surface area contributed by atoms with Gasteiger partial charge < -0.3 is 9.29 Å². The van der Waals surface area contributed by atoms with Crippen molar-refractivity contribution in [1.82, 2.24) is 0 Å². The van der Waals surface area contributed by atoms with Crippen LogP contribution >= 0.6 is 0 Å². The molecule has 15 heavy (non-hydrogen) atoms. The molecule has 0 saturated carbocycles. The van der Waals surface area contributed by atoms with Gasteiger partial charge in [-0.3, -0.25) is 4.79 Å². The third-order valence-corrected chi connectivity index (χ3v) is 2.00. The fourth-order valence-corrected chi connectivity index (χ4v) is 1.51. The Kier molecular flexibility index (Phi) is 3.31. The van der Waals surface area contributed by atoms with Crippen LogP contribution in [0.3, 0.4) is 0 Å². The molecule has 1 rings (SSSR count). The van der Waals surface area contributed by atoms with Gasteiger partial charge in [-0.25, -0.2) is 0 Å². The average Bonchev–Trinajstić information content (AvgIpc) is 1.99. The molecule has 0 amide bonds. The third kappa shape index (κ3) is 4.46. The summed E-state index contributed by atoms with van der Waals surface area (Å²) in [6, 6.07) is 5.96. The van der Waals surface area contributed by atoms with Crippen molar-refractivity contribution in [3.63, 3.8) is 0 Å². The summed E-state index contributed by atoms with van der Waals surface area (Å²) in [6.45, 7) is 0. The summed E-state index contributed by atoms with van der Waals surface area (Å²) in [7, 11) is -3.57. The fourth-order valence-electron chi connectivity index (χ4n) is 1.06. The molecular formula is C9H10O5S. The number of benzene rings is 1. The maximum Gasteiger partial charge on any atom is 0.307 e. The van der Waals surface area contributed by atoms with Crippen molar-refractivity contribution >= 4 is 16.1 Å². The van der Waals surface area contributed by atoms with Gasteiger partial charge in [0.25, 0.3) is 0 Å². The van der Waals surface area contributed by atoms with Crippen LogP contribution < -0.4 is 4.18 Å². The zero-order chi connectivity index (χ0) is 11.5. The Bertz CT molecular complexity index is 463. The molecule has 0 aliphatic rings. The molecule has 0 aliphatic carbocycles. The number of hydrogen-bond donors (Lipinski definition) is 1. The molecule has 1 aromatic rings. The summed E-state index contributed by atoms with van der Waals surface area (Å²) >= 11 is 0. The van der Waals surface area contributed by atoms with E-state index in [9.17, 15) is 13.2 Å². The van der Waals surface area contributed by atoms with Crippen LogP contribution in [0, 0.1) is 0 Å². The van der Waals surface area contributed by atoms with Crippen LogP contribution in [-0.2, 0) is 21.3 Å². The number of carboxylic acids is 1. The van der Waals surface area contributed by atoms with Crippen molar-refractivity contribution in [3.05, 3.63) is 29.8 Å². The lowest BCUT2D eigenvalue weighted by atomic mass is 10.1. The van der Waals surface area contributed by atoms with Crippen molar-refractivity contribution in [2.24, 2.45) is 0 Å². The standard InChI is InChI=1S/C9H10O5S/c1-15(12,13)14-8-4-2-3-7(5-8)6-9(10)11/h2-5H,6H2,1H3,(H,10,11). The topological polar surface area (TPSA) is 80.7 Å². The number of carbonyl (C=O) groups is 1. The maximum atomic E-state index is 10.8. The van der Waals surface area contributed by atoms with Crippen LogP contribution in [0.5, 0.6) is 5.75 Å². The van der Waals surface area contributed by atoms with Crippen molar-refractivity contribution < 1.29 is 22.5 Å². The second-order valence-corrected chi connectivity index (χ2v) is 4.58. The molecule has 0 aromatic heterocycles. The van der Waals surface area contributed by atoms with Gasteiger partial charge in [0.1, 0.15) is 5.75 Å². The molecule has 0 bridgehead atoms. The first-order valence-electron chi connectivity index (χ1n) is 4.07. The van der Waals surface area contributed by atoms with Crippen LogP contribution in [0.1, 0.15) is 5.56 Å². The highest BCUT2D eigenvalue weighted by Crippen LogP contribution is 2.15. The van der Waals surface area contributed by atoms with Crippen LogP contribution in [0.25, 0.3) is 0 Å². The van der Waals surface area contributed by atoms with Crippen molar-refractivity contribution in [3.8, 4) is 5.75 Å².